The largest absolute Gasteiger partial charge is 0.396 e. The van der Waals surface area contributed by atoms with Crippen molar-refractivity contribution in [1.82, 2.24) is 0 Å². The third kappa shape index (κ3) is 1.32. The topological polar surface area (TPSA) is 20.2 Å². The lowest BCUT2D eigenvalue weighted by molar-refractivity contribution is 0.0257. The average molecular weight is 266 g/mol. The van der Waals surface area contributed by atoms with Gasteiger partial charge in [-0.3, -0.25) is 0 Å². The summed E-state index contributed by atoms with van der Waals surface area (Å²) in [6, 6.07) is 0. The molecule has 3 fully saturated rings. The molecule has 0 aromatic heterocycles. The van der Waals surface area contributed by atoms with Crippen LogP contribution < -0.4 is 0 Å². The molecule has 1 nitrogen and oxygen atoms in total. The van der Waals surface area contributed by atoms with Crippen molar-refractivity contribution in [3.8, 4) is 0 Å². The fourth-order valence-electron chi connectivity index (χ4n) is 2.45. The number of rotatable bonds is 1. The average Bonchev–Trinajstić information content (AvgIpc) is 2.07. The van der Waals surface area contributed by atoms with Gasteiger partial charge in [-0.1, -0.05) is 22.6 Å². The van der Waals surface area contributed by atoms with Crippen LogP contribution in [0.2, 0.25) is 0 Å². The minimum atomic E-state index is 0.354. The monoisotopic (exact) mass is 266 g/mol. The zero-order chi connectivity index (χ0) is 7.95. The summed E-state index contributed by atoms with van der Waals surface area (Å²) in [6.07, 6.45) is 7.84. The molecule has 3 rings (SSSR count). The van der Waals surface area contributed by atoms with Crippen molar-refractivity contribution in [3.63, 3.8) is 0 Å². The maximum absolute atomic E-state index is 9.25. The maximum atomic E-state index is 9.25. The van der Waals surface area contributed by atoms with Gasteiger partial charge in [0.25, 0.3) is 0 Å². The molecule has 0 atom stereocenters. The first kappa shape index (κ1) is 8.30. The number of halogens is 1. The predicted molar refractivity (Wildman–Crippen MR) is 54.0 cm³/mol. The molecule has 3 aliphatic carbocycles. The molecule has 0 aromatic rings. The van der Waals surface area contributed by atoms with Crippen molar-refractivity contribution in [2.75, 3.05) is 6.61 Å². The van der Waals surface area contributed by atoms with Gasteiger partial charge in [0.1, 0.15) is 0 Å². The molecule has 2 bridgehead atoms. The Morgan fingerprint density at radius 2 is 1.45 bits per heavy atom. The molecule has 11 heavy (non-hydrogen) atoms. The second-order valence-electron chi connectivity index (χ2n) is 4.31. The third-order valence-electron chi connectivity index (χ3n) is 3.65. The number of hydrogen-bond acceptors (Lipinski definition) is 1. The molecule has 3 saturated carbocycles. The third-order valence-corrected chi connectivity index (χ3v) is 5.26. The van der Waals surface area contributed by atoms with Crippen LogP contribution in [0.25, 0.3) is 0 Å². The van der Waals surface area contributed by atoms with E-state index in [1.165, 1.54) is 38.5 Å². The normalized spacial score (nSPS) is 49.6. The summed E-state index contributed by atoms with van der Waals surface area (Å²) in [5, 5.41) is 9.25. The van der Waals surface area contributed by atoms with Crippen LogP contribution in [0, 0.1) is 5.41 Å². The highest BCUT2D eigenvalue weighted by molar-refractivity contribution is 14.1. The van der Waals surface area contributed by atoms with Crippen molar-refractivity contribution in [3.05, 3.63) is 0 Å². The molecule has 3 aliphatic rings. The summed E-state index contributed by atoms with van der Waals surface area (Å²) >= 11 is 2.63. The first-order chi connectivity index (χ1) is 5.18. The van der Waals surface area contributed by atoms with E-state index >= 15 is 0 Å². The van der Waals surface area contributed by atoms with E-state index in [9.17, 15) is 5.11 Å². The Kier molecular flexibility index (Phi) is 1.95. The molecule has 0 heterocycles. The van der Waals surface area contributed by atoms with Crippen LogP contribution in [0.5, 0.6) is 0 Å². The molecule has 0 amide bonds. The van der Waals surface area contributed by atoms with Crippen molar-refractivity contribution in [2.24, 2.45) is 5.41 Å². The number of fused-ring (bicyclic) bond motifs is 3. The molecule has 0 aliphatic heterocycles. The molecule has 0 radical (unpaired) electrons. The first-order valence-electron chi connectivity index (χ1n) is 4.48. The molecule has 0 spiro atoms. The number of alkyl halides is 1. The lowest BCUT2D eigenvalue weighted by Crippen LogP contribution is -2.43. The lowest BCUT2D eigenvalue weighted by atomic mass is 9.61. The summed E-state index contributed by atoms with van der Waals surface area (Å²) in [6.45, 7) is 0.430. The highest BCUT2D eigenvalue weighted by Gasteiger charge is 2.46. The van der Waals surface area contributed by atoms with Gasteiger partial charge in [-0.15, -0.1) is 0 Å². The van der Waals surface area contributed by atoms with Gasteiger partial charge in [-0.25, -0.2) is 0 Å². The summed E-state index contributed by atoms with van der Waals surface area (Å²) in [4.78, 5) is 0. The number of aliphatic hydroxyl groups excluding tert-OH is 1. The van der Waals surface area contributed by atoms with Crippen LogP contribution in [0.4, 0.5) is 0 Å². The van der Waals surface area contributed by atoms with Gasteiger partial charge in [-0.2, -0.15) is 0 Å². The van der Waals surface area contributed by atoms with E-state index < -0.39 is 0 Å². The highest BCUT2D eigenvalue weighted by Crippen LogP contribution is 2.55. The second-order valence-corrected chi connectivity index (χ2v) is 6.60. The van der Waals surface area contributed by atoms with E-state index in [0.717, 1.165) is 0 Å². The van der Waals surface area contributed by atoms with Gasteiger partial charge in [0, 0.05) is 10.0 Å². The summed E-state index contributed by atoms with van der Waals surface area (Å²) in [7, 11) is 0. The Bertz CT molecular complexity index is 142. The number of aliphatic hydroxyl groups is 1. The van der Waals surface area contributed by atoms with E-state index in [-0.39, 0.29) is 0 Å². The zero-order valence-corrected chi connectivity index (χ0v) is 8.93. The molecular weight excluding hydrogens is 251 g/mol. The van der Waals surface area contributed by atoms with Crippen molar-refractivity contribution in [2.45, 2.75) is 41.9 Å². The Balaban J connectivity index is 2.12. The predicted octanol–water partition coefficient (Wildman–Crippen LogP) is 2.51. The zero-order valence-electron chi connectivity index (χ0n) is 6.77. The van der Waals surface area contributed by atoms with Gasteiger partial charge in [0.15, 0.2) is 0 Å². The van der Waals surface area contributed by atoms with Crippen LogP contribution >= 0.6 is 22.6 Å². The van der Waals surface area contributed by atoms with E-state index in [2.05, 4.69) is 22.6 Å². The van der Waals surface area contributed by atoms with E-state index in [0.29, 0.717) is 15.4 Å². The van der Waals surface area contributed by atoms with E-state index in [1.807, 2.05) is 0 Å². The standard InChI is InChI=1S/C9H15IO/c10-9-4-1-8(7-11,2-5-9)3-6-9/h11H,1-7H2. The highest BCUT2D eigenvalue weighted by atomic mass is 127. The van der Waals surface area contributed by atoms with Crippen LogP contribution in [-0.4, -0.2) is 15.1 Å². The smallest absolute Gasteiger partial charge is 0.0487 e. The minimum absolute atomic E-state index is 0.354. The Labute approximate surface area is 81.7 Å². The van der Waals surface area contributed by atoms with Crippen molar-refractivity contribution >= 4 is 22.6 Å². The quantitative estimate of drug-likeness (QED) is 0.571. The maximum Gasteiger partial charge on any atom is 0.0487 e. The number of hydrogen-bond donors (Lipinski definition) is 1. The van der Waals surface area contributed by atoms with Crippen molar-refractivity contribution in [1.29, 1.82) is 0 Å². The van der Waals surface area contributed by atoms with Gasteiger partial charge in [0.2, 0.25) is 0 Å². The molecule has 0 unspecified atom stereocenters. The molecule has 0 aromatic carbocycles. The van der Waals surface area contributed by atoms with Crippen LogP contribution in [-0.2, 0) is 0 Å². The fraction of sp³-hybridized carbons (Fsp3) is 1.00. The molecule has 64 valence electrons. The summed E-state index contributed by atoms with van der Waals surface area (Å²) in [5.41, 5.74) is 0.354. The molecular formula is C9H15IO. The summed E-state index contributed by atoms with van der Waals surface area (Å²) < 4.78 is 0.620. The Morgan fingerprint density at radius 1 is 1.00 bits per heavy atom. The Hall–Kier alpha value is 0.690. The summed E-state index contributed by atoms with van der Waals surface area (Å²) in [5.74, 6) is 0. The SMILES string of the molecule is OCC12CCC(I)(CC1)CC2. The first-order valence-corrected chi connectivity index (χ1v) is 5.56. The van der Waals surface area contributed by atoms with Crippen molar-refractivity contribution < 1.29 is 5.11 Å². The molecule has 1 N–H and O–H groups in total. The van der Waals surface area contributed by atoms with E-state index in [1.54, 1.807) is 0 Å². The van der Waals surface area contributed by atoms with Crippen LogP contribution in [0.1, 0.15) is 38.5 Å². The minimum Gasteiger partial charge on any atom is -0.396 e. The van der Waals surface area contributed by atoms with Gasteiger partial charge in [-0.05, 0) is 43.9 Å². The molecule has 0 saturated heterocycles. The lowest BCUT2D eigenvalue weighted by Gasteiger charge is -2.50. The second kappa shape index (κ2) is 2.59. The van der Waals surface area contributed by atoms with Crippen LogP contribution in [0.3, 0.4) is 0 Å². The van der Waals surface area contributed by atoms with Gasteiger partial charge >= 0.3 is 0 Å². The van der Waals surface area contributed by atoms with Gasteiger partial charge < -0.3 is 5.11 Å². The van der Waals surface area contributed by atoms with E-state index in [4.69, 9.17) is 0 Å². The van der Waals surface area contributed by atoms with Crippen LogP contribution in [0.15, 0.2) is 0 Å². The van der Waals surface area contributed by atoms with Gasteiger partial charge in [0.05, 0.1) is 0 Å². The Morgan fingerprint density at radius 3 is 1.82 bits per heavy atom. The fourth-order valence-corrected chi connectivity index (χ4v) is 3.26. The molecule has 2 heteroatoms.